The number of esters is 1. The Morgan fingerprint density at radius 1 is 0.963 bits per heavy atom. The van der Waals surface area contributed by atoms with Crippen LogP contribution >= 0.6 is 0 Å². The van der Waals surface area contributed by atoms with Gasteiger partial charge < -0.3 is 21.1 Å². The van der Waals surface area contributed by atoms with Crippen LogP contribution in [0, 0.1) is 0 Å². The number of anilines is 2. The normalized spacial score (nSPS) is 10.1. The van der Waals surface area contributed by atoms with Crippen molar-refractivity contribution in [2.75, 3.05) is 17.2 Å². The van der Waals surface area contributed by atoms with Crippen LogP contribution in [0.2, 0.25) is 0 Å². The van der Waals surface area contributed by atoms with E-state index in [0.717, 1.165) is 29.7 Å². The smallest absolute Gasteiger partial charge is 0.338 e. The Morgan fingerprint density at radius 3 is 2.19 bits per heavy atom. The highest BCUT2D eigenvalue weighted by Crippen LogP contribution is 2.22. The molecule has 0 saturated carbocycles. The number of hydrogen-bond donors (Lipinski definition) is 3. The van der Waals surface area contributed by atoms with E-state index in [9.17, 15) is 14.4 Å². The SMILES string of the molecule is CCc1cccc(CC)c1NC(=O)COC(=O)c1cccc(NC(N)=O)c1. The van der Waals surface area contributed by atoms with Crippen LogP contribution in [0.15, 0.2) is 42.5 Å². The van der Waals surface area contributed by atoms with Gasteiger partial charge in [-0.15, -0.1) is 0 Å². The fraction of sp³-hybridized carbons (Fsp3) is 0.250. The summed E-state index contributed by atoms with van der Waals surface area (Å²) in [5.74, 6) is -1.08. The molecule has 2 aromatic carbocycles. The summed E-state index contributed by atoms with van der Waals surface area (Å²) in [7, 11) is 0. The molecule has 27 heavy (non-hydrogen) atoms. The van der Waals surface area contributed by atoms with Crippen LogP contribution < -0.4 is 16.4 Å². The molecule has 0 heterocycles. The summed E-state index contributed by atoms with van der Waals surface area (Å²) in [6.45, 7) is 3.61. The Balaban J connectivity index is 2.00. The lowest BCUT2D eigenvalue weighted by Gasteiger charge is -2.14. The van der Waals surface area contributed by atoms with Gasteiger partial charge in [0.05, 0.1) is 5.56 Å². The molecule has 2 rings (SSSR count). The molecule has 0 aromatic heterocycles. The van der Waals surface area contributed by atoms with E-state index in [4.69, 9.17) is 10.5 Å². The van der Waals surface area contributed by atoms with Crippen LogP contribution in [0.25, 0.3) is 0 Å². The number of hydrogen-bond acceptors (Lipinski definition) is 4. The van der Waals surface area contributed by atoms with E-state index < -0.39 is 24.5 Å². The Bertz CT molecular complexity index is 827. The molecule has 142 valence electrons. The molecule has 0 spiro atoms. The lowest BCUT2D eigenvalue weighted by atomic mass is 10.0. The molecule has 0 fully saturated rings. The number of carbonyl (C=O) groups is 3. The largest absolute Gasteiger partial charge is 0.452 e. The van der Waals surface area contributed by atoms with Crippen LogP contribution in [-0.4, -0.2) is 24.5 Å². The first-order valence-corrected chi connectivity index (χ1v) is 8.68. The molecule has 0 aliphatic rings. The Kier molecular flexibility index (Phi) is 6.93. The van der Waals surface area contributed by atoms with E-state index in [2.05, 4.69) is 10.6 Å². The van der Waals surface area contributed by atoms with Gasteiger partial charge in [-0.2, -0.15) is 0 Å². The highest BCUT2D eigenvalue weighted by atomic mass is 16.5. The summed E-state index contributed by atoms with van der Waals surface area (Å²) >= 11 is 0. The topological polar surface area (TPSA) is 111 Å². The molecule has 0 bridgehead atoms. The van der Waals surface area contributed by atoms with Crippen molar-refractivity contribution in [3.8, 4) is 0 Å². The van der Waals surface area contributed by atoms with Gasteiger partial charge in [-0.3, -0.25) is 4.79 Å². The number of urea groups is 1. The van der Waals surface area contributed by atoms with Crippen LogP contribution in [-0.2, 0) is 22.4 Å². The molecular weight excluding hydrogens is 346 g/mol. The molecule has 0 aliphatic heterocycles. The third-order valence-electron chi connectivity index (χ3n) is 3.96. The number of aryl methyl sites for hydroxylation is 2. The van der Waals surface area contributed by atoms with Crippen molar-refractivity contribution in [3.05, 3.63) is 59.2 Å². The first-order chi connectivity index (χ1) is 12.9. The van der Waals surface area contributed by atoms with E-state index in [1.54, 1.807) is 12.1 Å². The minimum Gasteiger partial charge on any atom is -0.452 e. The minimum absolute atomic E-state index is 0.206. The Hall–Kier alpha value is -3.35. The predicted molar refractivity (Wildman–Crippen MR) is 104 cm³/mol. The van der Waals surface area contributed by atoms with Gasteiger partial charge in [0.1, 0.15) is 0 Å². The van der Waals surface area contributed by atoms with Gasteiger partial charge in [0.25, 0.3) is 5.91 Å². The second-order valence-corrected chi connectivity index (χ2v) is 5.85. The third-order valence-corrected chi connectivity index (χ3v) is 3.96. The van der Waals surface area contributed by atoms with Gasteiger partial charge >= 0.3 is 12.0 Å². The van der Waals surface area contributed by atoms with Gasteiger partial charge in [-0.25, -0.2) is 9.59 Å². The zero-order valence-electron chi connectivity index (χ0n) is 15.4. The van der Waals surface area contributed by atoms with Gasteiger partial charge in [-0.05, 0) is 42.2 Å². The monoisotopic (exact) mass is 369 g/mol. The van der Waals surface area contributed by atoms with Crippen molar-refractivity contribution in [3.63, 3.8) is 0 Å². The number of benzene rings is 2. The van der Waals surface area contributed by atoms with E-state index in [-0.39, 0.29) is 5.56 Å². The zero-order valence-corrected chi connectivity index (χ0v) is 15.4. The molecule has 0 atom stereocenters. The molecule has 0 saturated heterocycles. The fourth-order valence-electron chi connectivity index (χ4n) is 2.66. The number of para-hydroxylation sites is 1. The summed E-state index contributed by atoms with van der Waals surface area (Å²) < 4.78 is 5.07. The van der Waals surface area contributed by atoms with Crippen molar-refractivity contribution >= 4 is 29.3 Å². The maximum absolute atomic E-state index is 12.2. The highest BCUT2D eigenvalue weighted by Gasteiger charge is 2.14. The molecule has 7 heteroatoms. The lowest BCUT2D eigenvalue weighted by molar-refractivity contribution is -0.119. The van der Waals surface area contributed by atoms with E-state index in [1.165, 1.54) is 12.1 Å². The number of primary amides is 1. The van der Waals surface area contributed by atoms with E-state index >= 15 is 0 Å². The van der Waals surface area contributed by atoms with Gasteiger partial charge in [-0.1, -0.05) is 38.1 Å². The molecule has 2 aromatic rings. The Morgan fingerprint density at radius 2 is 1.59 bits per heavy atom. The molecule has 4 N–H and O–H groups in total. The molecule has 0 radical (unpaired) electrons. The fourth-order valence-corrected chi connectivity index (χ4v) is 2.66. The first-order valence-electron chi connectivity index (χ1n) is 8.68. The molecule has 7 nitrogen and oxygen atoms in total. The number of carbonyl (C=O) groups excluding carboxylic acids is 3. The molecule has 3 amide bonds. The van der Waals surface area contributed by atoms with Crippen molar-refractivity contribution in [2.45, 2.75) is 26.7 Å². The van der Waals surface area contributed by atoms with E-state index in [1.807, 2.05) is 32.0 Å². The molecule has 0 aliphatic carbocycles. The number of amides is 3. The lowest BCUT2D eigenvalue weighted by Crippen LogP contribution is -2.22. The average Bonchev–Trinajstić information content (AvgIpc) is 2.66. The minimum atomic E-state index is -0.735. The van der Waals surface area contributed by atoms with Crippen molar-refractivity contribution in [2.24, 2.45) is 5.73 Å². The van der Waals surface area contributed by atoms with Gasteiger partial charge in [0.15, 0.2) is 6.61 Å². The van der Waals surface area contributed by atoms with Crippen LogP contribution in [0.3, 0.4) is 0 Å². The number of nitrogens with two attached hydrogens (primary N) is 1. The van der Waals surface area contributed by atoms with Gasteiger partial charge in [0, 0.05) is 11.4 Å². The standard InChI is InChI=1S/C20H23N3O4/c1-3-13-7-5-8-14(4-2)18(13)23-17(24)12-27-19(25)15-9-6-10-16(11-15)22-20(21)26/h5-11H,3-4,12H2,1-2H3,(H,23,24)(H3,21,22,26). The van der Waals surface area contributed by atoms with Crippen molar-refractivity contribution in [1.29, 1.82) is 0 Å². The highest BCUT2D eigenvalue weighted by molar-refractivity contribution is 5.97. The second-order valence-electron chi connectivity index (χ2n) is 5.85. The van der Waals surface area contributed by atoms with E-state index in [0.29, 0.717) is 5.69 Å². The van der Waals surface area contributed by atoms with Crippen LogP contribution in [0.1, 0.15) is 35.3 Å². The molecule has 0 unspecified atom stereocenters. The van der Waals surface area contributed by atoms with Gasteiger partial charge in [0.2, 0.25) is 0 Å². The third kappa shape index (κ3) is 5.57. The summed E-state index contributed by atoms with van der Waals surface area (Å²) in [6, 6.07) is 11.2. The second kappa shape index (κ2) is 9.38. The molecular formula is C20H23N3O4. The average molecular weight is 369 g/mol. The summed E-state index contributed by atoms with van der Waals surface area (Å²) in [5, 5.41) is 5.21. The van der Waals surface area contributed by atoms with Crippen molar-refractivity contribution < 1.29 is 19.1 Å². The quantitative estimate of drug-likeness (QED) is 0.651. The first kappa shape index (κ1) is 20.0. The number of rotatable bonds is 7. The van der Waals surface area contributed by atoms with Crippen molar-refractivity contribution in [1.82, 2.24) is 0 Å². The number of ether oxygens (including phenoxy) is 1. The van der Waals surface area contributed by atoms with Crippen LogP contribution in [0.4, 0.5) is 16.2 Å². The Labute approximate surface area is 157 Å². The maximum Gasteiger partial charge on any atom is 0.338 e. The number of nitrogens with one attached hydrogen (secondary N) is 2. The zero-order chi connectivity index (χ0) is 19.8. The summed E-state index contributed by atoms with van der Waals surface area (Å²) in [4.78, 5) is 35.3. The van der Waals surface area contributed by atoms with Crippen LogP contribution in [0.5, 0.6) is 0 Å². The summed E-state index contributed by atoms with van der Waals surface area (Å²) in [5.41, 5.74) is 8.45. The maximum atomic E-state index is 12.2. The predicted octanol–water partition coefficient (Wildman–Crippen LogP) is 3.10. The summed E-state index contributed by atoms with van der Waals surface area (Å²) in [6.07, 6.45) is 1.56.